The van der Waals surface area contributed by atoms with Gasteiger partial charge in [-0.2, -0.15) is 4.98 Å². The first-order chi connectivity index (χ1) is 6.16. The van der Waals surface area contributed by atoms with Gasteiger partial charge in [0.2, 0.25) is 0 Å². The summed E-state index contributed by atoms with van der Waals surface area (Å²) in [4.78, 5) is 6.06. The molecule has 1 aromatic carbocycles. The van der Waals surface area contributed by atoms with Gasteiger partial charge in [0.25, 0.3) is 6.01 Å². The van der Waals surface area contributed by atoms with Gasteiger partial charge < -0.3 is 9.32 Å². The third-order valence-corrected chi connectivity index (χ3v) is 1.96. The number of benzene rings is 1. The summed E-state index contributed by atoms with van der Waals surface area (Å²) in [6, 6.07) is 5.98. The van der Waals surface area contributed by atoms with Crippen LogP contribution in [0, 0.1) is 0 Å². The zero-order valence-electron chi connectivity index (χ0n) is 7.41. The molecular weight excluding hydrogens is 188 g/mol. The number of nitrogens with zero attached hydrogens (tertiary/aromatic N) is 2. The molecule has 2 rings (SSSR count). The minimum absolute atomic E-state index is 0.595. The van der Waals surface area contributed by atoms with E-state index in [1.807, 2.05) is 25.1 Å². The predicted molar refractivity (Wildman–Crippen MR) is 53.3 cm³/mol. The van der Waals surface area contributed by atoms with E-state index in [2.05, 4.69) is 4.98 Å². The van der Waals surface area contributed by atoms with Crippen molar-refractivity contribution in [2.24, 2.45) is 0 Å². The highest BCUT2D eigenvalue weighted by Crippen LogP contribution is 2.23. The van der Waals surface area contributed by atoms with E-state index in [1.54, 1.807) is 12.1 Å². The van der Waals surface area contributed by atoms with Crippen LogP contribution in [0.1, 0.15) is 0 Å². The summed E-state index contributed by atoms with van der Waals surface area (Å²) in [7, 11) is 3.76. The second-order valence-electron chi connectivity index (χ2n) is 3.00. The number of hydrogen-bond acceptors (Lipinski definition) is 3. The van der Waals surface area contributed by atoms with Crippen LogP contribution in [0.15, 0.2) is 22.6 Å². The van der Waals surface area contributed by atoms with Crippen molar-refractivity contribution in [1.82, 2.24) is 4.98 Å². The Morgan fingerprint density at radius 1 is 1.38 bits per heavy atom. The molecule has 0 radical (unpaired) electrons. The van der Waals surface area contributed by atoms with Crippen molar-refractivity contribution in [2.45, 2.75) is 0 Å². The predicted octanol–water partition coefficient (Wildman–Crippen LogP) is 2.55. The van der Waals surface area contributed by atoms with E-state index in [4.69, 9.17) is 16.0 Å². The average molecular weight is 197 g/mol. The lowest BCUT2D eigenvalue weighted by atomic mass is 10.3. The summed E-state index contributed by atoms with van der Waals surface area (Å²) in [6.07, 6.45) is 0. The third-order valence-electron chi connectivity index (χ3n) is 1.72. The Balaban J connectivity index is 2.62. The number of aromatic nitrogens is 1. The molecule has 0 aliphatic rings. The minimum atomic E-state index is 0.595. The van der Waals surface area contributed by atoms with Gasteiger partial charge in [-0.15, -0.1) is 0 Å². The molecule has 68 valence electrons. The second-order valence-corrected chi connectivity index (χ2v) is 3.44. The van der Waals surface area contributed by atoms with E-state index in [1.165, 1.54) is 0 Å². The maximum Gasteiger partial charge on any atom is 0.297 e. The van der Waals surface area contributed by atoms with Gasteiger partial charge in [0.1, 0.15) is 5.52 Å². The molecule has 0 atom stereocenters. The zero-order chi connectivity index (χ0) is 9.42. The van der Waals surface area contributed by atoms with Crippen LogP contribution in [-0.4, -0.2) is 19.1 Å². The minimum Gasteiger partial charge on any atom is -0.423 e. The molecule has 0 amide bonds. The maximum atomic E-state index is 5.81. The maximum absolute atomic E-state index is 5.81. The largest absolute Gasteiger partial charge is 0.423 e. The summed E-state index contributed by atoms with van der Waals surface area (Å²) in [5, 5.41) is 0.672. The molecule has 0 bridgehead atoms. The van der Waals surface area contributed by atoms with Crippen molar-refractivity contribution in [3.05, 3.63) is 23.2 Å². The molecule has 0 N–H and O–H groups in total. The summed E-state index contributed by atoms with van der Waals surface area (Å²) >= 11 is 5.81. The first-order valence-electron chi connectivity index (χ1n) is 3.90. The smallest absolute Gasteiger partial charge is 0.297 e. The number of anilines is 1. The van der Waals surface area contributed by atoms with E-state index >= 15 is 0 Å². The summed E-state index contributed by atoms with van der Waals surface area (Å²) in [5.41, 5.74) is 1.55. The van der Waals surface area contributed by atoms with Gasteiger partial charge in [0.05, 0.1) is 0 Å². The fourth-order valence-corrected chi connectivity index (χ4v) is 1.25. The lowest BCUT2D eigenvalue weighted by Gasteiger charge is -2.03. The quantitative estimate of drug-likeness (QED) is 0.702. The van der Waals surface area contributed by atoms with Crippen LogP contribution in [0.25, 0.3) is 11.1 Å². The first-order valence-corrected chi connectivity index (χ1v) is 4.28. The Kier molecular flexibility index (Phi) is 1.88. The molecule has 4 heteroatoms. The lowest BCUT2D eigenvalue weighted by Crippen LogP contribution is -2.08. The number of hydrogen-bond donors (Lipinski definition) is 0. The Morgan fingerprint density at radius 2 is 2.15 bits per heavy atom. The molecule has 3 nitrogen and oxygen atoms in total. The monoisotopic (exact) mass is 196 g/mol. The van der Waals surface area contributed by atoms with Crippen molar-refractivity contribution in [3.8, 4) is 0 Å². The van der Waals surface area contributed by atoms with E-state index in [0.717, 1.165) is 11.1 Å². The molecule has 0 saturated carbocycles. The van der Waals surface area contributed by atoms with Crippen LogP contribution in [0.3, 0.4) is 0 Å². The van der Waals surface area contributed by atoms with Crippen molar-refractivity contribution in [2.75, 3.05) is 19.0 Å². The highest BCUT2D eigenvalue weighted by Gasteiger charge is 2.06. The Bertz CT molecular complexity index is 436. The van der Waals surface area contributed by atoms with Gasteiger partial charge in [-0.05, 0) is 18.2 Å². The van der Waals surface area contributed by atoms with E-state index in [9.17, 15) is 0 Å². The van der Waals surface area contributed by atoms with Gasteiger partial charge >= 0.3 is 0 Å². The van der Waals surface area contributed by atoms with Crippen molar-refractivity contribution in [1.29, 1.82) is 0 Å². The SMILES string of the molecule is CN(C)c1nc2cc(Cl)ccc2o1. The van der Waals surface area contributed by atoms with Crippen LogP contribution in [0.5, 0.6) is 0 Å². The summed E-state index contributed by atoms with van der Waals surface area (Å²) in [5.74, 6) is 0. The van der Waals surface area contributed by atoms with Crippen molar-refractivity contribution < 1.29 is 4.42 Å². The summed E-state index contributed by atoms with van der Waals surface area (Å²) in [6.45, 7) is 0. The number of oxazole rings is 1. The van der Waals surface area contributed by atoms with Crippen molar-refractivity contribution in [3.63, 3.8) is 0 Å². The van der Waals surface area contributed by atoms with Crippen LogP contribution in [0.2, 0.25) is 5.02 Å². The standard InChI is InChI=1S/C9H9ClN2O/c1-12(2)9-11-7-5-6(10)3-4-8(7)13-9/h3-5H,1-2H3. The first kappa shape index (κ1) is 8.38. The molecular formula is C9H9ClN2O. The molecule has 0 unspecified atom stereocenters. The van der Waals surface area contributed by atoms with Gasteiger partial charge in [-0.1, -0.05) is 11.6 Å². The molecule has 0 aliphatic carbocycles. The molecule has 0 aliphatic heterocycles. The second kappa shape index (κ2) is 2.92. The number of fused-ring (bicyclic) bond motifs is 1. The molecule has 0 fully saturated rings. The summed E-state index contributed by atoms with van der Waals surface area (Å²) < 4.78 is 5.44. The molecule has 13 heavy (non-hydrogen) atoms. The number of halogens is 1. The topological polar surface area (TPSA) is 29.3 Å². The fraction of sp³-hybridized carbons (Fsp3) is 0.222. The fourth-order valence-electron chi connectivity index (χ4n) is 1.08. The normalized spacial score (nSPS) is 10.7. The van der Waals surface area contributed by atoms with Crippen LogP contribution < -0.4 is 4.90 Å². The van der Waals surface area contributed by atoms with E-state index in [0.29, 0.717) is 11.0 Å². The highest BCUT2D eigenvalue weighted by molar-refractivity contribution is 6.31. The Hall–Kier alpha value is -1.22. The van der Waals surface area contributed by atoms with E-state index in [-0.39, 0.29) is 0 Å². The van der Waals surface area contributed by atoms with Crippen LogP contribution in [-0.2, 0) is 0 Å². The van der Waals surface area contributed by atoms with Gasteiger partial charge in [0, 0.05) is 19.1 Å². The van der Waals surface area contributed by atoms with Crippen LogP contribution in [0.4, 0.5) is 6.01 Å². The Morgan fingerprint density at radius 3 is 2.85 bits per heavy atom. The zero-order valence-corrected chi connectivity index (χ0v) is 8.17. The Labute approximate surface area is 80.9 Å². The molecule has 0 spiro atoms. The molecule has 1 aromatic heterocycles. The van der Waals surface area contributed by atoms with E-state index < -0.39 is 0 Å². The van der Waals surface area contributed by atoms with Gasteiger partial charge in [0.15, 0.2) is 5.58 Å². The lowest BCUT2D eigenvalue weighted by molar-refractivity contribution is 0.597. The molecule has 0 saturated heterocycles. The molecule has 1 heterocycles. The third kappa shape index (κ3) is 1.47. The van der Waals surface area contributed by atoms with Gasteiger partial charge in [-0.25, -0.2) is 0 Å². The average Bonchev–Trinajstić information content (AvgIpc) is 2.46. The van der Waals surface area contributed by atoms with Crippen molar-refractivity contribution >= 4 is 28.7 Å². The highest BCUT2D eigenvalue weighted by atomic mass is 35.5. The van der Waals surface area contributed by atoms with Gasteiger partial charge in [-0.3, -0.25) is 0 Å². The number of rotatable bonds is 1. The molecule has 2 aromatic rings. The van der Waals surface area contributed by atoms with Crippen LogP contribution >= 0.6 is 11.6 Å².